The third-order valence-electron chi connectivity index (χ3n) is 1.51. The summed E-state index contributed by atoms with van der Waals surface area (Å²) in [4.78, 5) is 14.2. The number of pyridine rings is 1. The highest BCUT2D eigenvalue weighted by Crippen LogP contribution is 2.09. The Morgan fingerprint density at radius 2 is 2.21 bits per heavy atom. The molecule has 0 radical (unpaired) electrons. The molecule has 0 bridgehead atoms. The fourth-order valence-electron chi connectivity index (χ4n) is 1.03. The molecule has 0 unspecified atom stereocenters. The van der Waals surface area contributed by atoms with Crippen molar-refractivity contribution >= 4 is 15.8 Å². The summed E-state index contributed by atoms with van der Waals surface area (Å²) in [6.07, 6.45) is 2.36. The van der Waals surface area contributed by atoms with Gasteiger partial charge in [0.25, 0.3) is 0 Å². The van der Waals surface area contributed by atoms with Gasteiger partial charge in [-0.25, -0.2) is 18.2 Å². The highest BCUT2D eigenvalue weighted by Gasteiger charge is 2.14. The average molecular weight is 215 g/mol. The highest BCUT2D eigenvalue weighted by molar-refractivity contribution is 7.89. The molecule has 76 valence electrons. The third kappa shape index (κ3) is 2.81. The lowest BCUT2D eigenvalue weighted by Gasteiger charge is -2.02. The van der Waals surface area contributed by atoms with E-state index in [1.807, 2.05) is 0 Å². The maximum absolute atomic E-state index is 11.0. The van der Waals surface area contributed by atoms with Crippen LogP contribution in [0.25, 0.3) is 0 Å². The van der Waals surface area contributed by atoms with E-state index in [1.165, 1.54) is 18.3 Å². The molecular weight excluding hydrogens is 206 g/mol. The molecule has 1 aromatic heterocycles. The molecule has 0 saturated heterocycles. The fourth-order valence-corrected chi connectivity index (χ4v) is 1.83. The second-order valence-corrected chi connectivity index (χ2v) is 5.03. The lowest BCUT2D eigenvalue weighted by atomic mass is 10.2. The number of carboxylic acids is 1. The van der Waals surface area contributed by atoms with Gasteiger partial charge in [-0.2, -0.15) is 0 Å². The van der Waals surface area contributed by atoms with E-state index in [2.05, 4.69) is 4.98 Å². The van der Waals surface area contributed by atoms with Crippen molar-refractivity contribution in [2.45, 2.75) is 5.75 Å². The Morgan fingerprint density at radius 1 is 1.57 bits per heavy atom. The number of aromatic nitrogens is 1. The summed E-state index contributed by atoms with van der Waals surface area (Å²) in [6.45, 7) is 0. The van der Waals surface area contributed by atoms with Crippen LogP contribution < -0.4 is 0 Å². The van der Waals surface area contributed by atoms with Crippen molar-refractivity contribution in [3.63, 3.8) is 0 Å². The number of sulfone groups is 1. The van der Waals surface area contributed by atoms with Crippen molar-refractivity contribution in [1.29, 1.82) is 0 Å². The quantitative estimate of drug-likeness (QED) is 0.785. The van der Waals surface area contributed by atoms with Crippen molar-refractivity contribution < 1.29 is 18.3 Å². The predicted molar refractivity (Wildman–Crippen MR) is 49.7 cm³/mol. The molecule has 0 saturated carbocycles. The Morgan fingerprint density at radius 3 is 2.71 bits per heavy atom. The van der Waals surface area contributed by atoms with Crippen LogP contribution in [-0.2, 0) is 15.6 Å². The summed E-state index contributed by atoms with van der Waals surface area (Å²) in [6, 6.07) is 2.95. The van der Waals surface area contributed by atoms with Gasteiger partial charge in [-0.1, -0.05) is 6.07 Å². The van der Waals surface area contributed by atoms with Crippen LogP contribution in [0.3, 0.4) is 0 Å². The first-order valence-corrected chi connectivity index (χ1v) is 5.81. The molecule has 0 aromatic carbocycles. The van der Waals surface area contributed by atoms with E-state index >= 15 is 0 Å². The smallest absolute Gasteiger partial charge is 0.354 e. The van der Waals surface area contributed by atoms with Gasteiger partial charge in [-0.15, -0.1) is 0 Å². The van der Waals surface area contributed by atoms with E-state index in [4.69, 9.17) is 5.11 Å². The Kier molecular flexibility index (Phi) is 2.85. The van der Waals surface area contributed by atoms with Gasteiger partial charge in [0.2, 0.25) is 0 Å². The number of hydrogen-bond acceptors (Lipinski definition) is 4. The second-order valence-electron chi connectivity index (χ2n) is 2.89. The van der Waals surface area contributed by atoms with E-state index in [-0.39, 0.29) is 17.0 Å². The molecule has 1 N–H and O–H groups in total. The van der Waals surface area contributed by atoms with Crippen LogP contribution in [0.4, 0.5) is 0 Å². The van der Waals surface area contributed by atoms with Crippen LogP contribution in [0.2, 0.25) is 0 Å². The first kappa shape index (κ1) is 10.6. The number of carbonyl (C=O) groups is 1. The zero-order valence-corrected chi connectivity index (χ0v) is 8.28. The molecule has 14 heavy (non-hydrogen) atoms. The molecule has 1 aromatic rings. The monoisotopic (exact) mass is 215 g/mol. The summed E-state index contributed by atoms with van der Waals surface area (Å²) >= 11 is 0. The van der Waals surface area contributed by atoms with Gasteiger partial charge in [-0.3, -0.25) is 0 Å². The van der Waals surface area contributed by atoms with Crippen LogP contribution in [0.15, 0.2) is 18.3 Å². The van der Waals surface area contributed by atoms with Crippen LogP contribution >= 0.6 is 0 Å². The topological polar surface area (TPSA) is 84.3 Å². The Labute approximate surface area is 81.3 Å². The lowest BCUT2D eigenvalue weighted by molar-refractivity contribution is 0.0689. The molecule has 5 nitrogen and oxygen atoms in total. The number of aromatic carboxylic acids is 1. The third-order valence-corrected chi connectivity index (χ3v) is 2.35. The lowest BCUT2D eigenvalue weighted by Crippen LogP contribution is -2.09. The minimum Gasteiger partial charge on any atom is -0.477 e. The van der Waals surface area contributed by atoms with Gasteiger partial charge in [0.1, 0.15) is 0 Å². The molecule has 0 aliphatic rings. The number of nitrogens with zero attached hydrogens (tertiary/aromatic N) is 1. The average Bonchev–Trinajstić information content (AvgIpc) is 2.01. The van der Waals surface area contributed by atoms with Crippen molar-refractivity contribution in [2.75, 3.05) is 6.26 Å². The van der Waals surface area contributed by atoms with E-state index in [0.717, 1.165) is 6.26 Å². The number of carboxylic acid groups (broad SMARTS) is 1. The van der Waals surface area contributed by atoms with Crippen LogP contribution in [0.5, 0.6) is 0 Å². The first-order valence-electron chi connectivity index (χ1n) is 3.75. The Hall–Kier alpha value is -1.43. The minimum atomic E-state index is -3.24. The van der Waals surface area contributed by atoms with Gasteiger partial charge in [0.15, 0.2) is 15.5 Å². The first-order chi connectivity index (χ1) is 6.40. The van der Waals surface area contributed by atoms with Crippen LogP contribution in [-0.4, -0.2) is 30.7 Å². The maximum atomic E-state index is 11.0. The summed E-state index contributed by atoms with van der Waals surface area (Å²) in [5.74, 6) is -1.52. The van der Waals surface area contributed by atoms with Crippen molar-refractivity contribution in [3.05, 3.63) is 29.6 Å². The molecular formula is C8H9NO4S. The van der Waals surface area contributed by atoms with E-state index in [9.17, 15) is 13.2 Å². The molecule has 1 heterocycles. The molecule has 1 rings (SSSR count). The molecule has 0 atom stereocenters. The van der Waals surface area contributed by atoms with Gasteiger partial charge >= 0.3 is 5.97 Å². The normalized spacial score (nSPS) is 11.2. The molecule has 0 amide bonds. The molecule has 6 heteroatoms. The summed E-state index contributed by atoms with van der Waals surface area (Å²) in [5, 5.41) is 8.71. The van der Waals surface area contributed by atoms with Gasteiger partial charge in [-0.05, 0) is 6.07 Å². The van der Waals surface area contributed by atoms with E-state index < -0.39 is 15.8 Å². The second kappa shape index (κ2) is 3.75. The maximum Gasteiger partial charge on any atom is 0.354 e. The standard InChI is InChI=1S/C8H9NO4S/c1-14(12,13)5-6-3-2-4-9-7(6)8(10)11/h2-4H,5H2,1H3,(H,10,11). The predicted octanol–water partition coefficient (Wildman–Crippen LogP) is 0.324. The Bertz CT molecular complexity index is 452. The highest BCUT2D eigenvalue weighted by atomic mass is 32.2. The molecule has 0 fully saturated rings. The fraction of sp³-hybridized carbons (Fsp3) is 0.250. The van der Waals surface area contributed by atoms with E-state index in [0.29, 0.717) is 0 Å². The van der Waals surface area contributed by atoms with Gasteiger partial charge < -0.3 is 5.11 Å². The summed E-state index contributed by atoms with van der Waals surface area (Å²) < 4.78 is 21.9. The minimum absolute atomic E-state index is 0.210. The number of rotatable bonds is 3. The summed E-state index contributed by atoms with van der Waals surface area (Å²) in [5.41, 5.74) is 0.000394. The Balaban J connectivity index is 3.15. The van der Waals surface area contributed by atoms with Crippen molar-refractivity contribution in [1.82, 2.24) is 4.98 Å². The SMILES string of the molecule is CS(=O)(=O)Cc1cccnc1C(=O)O. The van der Waals surface area contributed by atoms with Crippen molar-refractivity contribution in [3.8, 4) is 0 Å². The number of hydrogen-bond donors (Lipinski definition) is 1. The zero-order chi connectivity index (χ0) is 10.8. The van der Waals surface area contributed by atoms with Gasteiger partial charge in [0.05, 0.1) is 5.75 Å². The van der Waals surface area contributed by atoms with E-state index in [1.54, 1.807) is 0 Å². The van der Waals surface area contributed by atoms with Crippen LogP contribution in [0, 0.1) is 0 Å². The molecule has 0 spiro atoms. The van der Waals surface area contributed by atoms with Crippen LogP contribution in [0.1, 0.15) is 16.1 Å². The summed E-state index contributed by atoms with van der Waals surface area (Å²) in [7, 11) is -3.24. The largest absolute Gasteiger partial charge is 0.477 e. The molecule has 0 aliphatic heterocycles. The van der Waals surface area contributed by atoms with Crippen molar-refractivity contribution in [2.24, 2.45) is 0 Å². The van der Waals surface area contributed by atoms with Gasteiger partial charge in [0, 0.05) is 18.0 Å². The zero-order valence-electron chi connectivity index (χ0n) is 7.47. The molecule has 0 aliphatic carbocycles.